The Hall–Kier alpha value is -10.0. The number of anilines is 6. The second-order valence-electron chi connectivity index (χ2n) is 20.6. The van der Waals surface area contributed by atoms with Crippen molar-refractivity contribution in [2.45, 2.75) is 24.7 Å². The minimum absolute atomic E-state index is 0.298. The summed E-state index contributed by atoms with van der Waals surface area (Å²) < 4.78 is 4.90. The zero-order valence-corrected chi connectivity index (χ0v) is 43.0. The lowest BCUT2D eigenvalue weighted by molar-refractivity contribution is 0.721. The largest absolute Gasteiger partial charge is 0.311 e. The summed E-state index contributed by atoms with van der Waals surface area (Å²) in [6.07, 6.45) is 9.39. The minimum atomic E-state index is -0.813. The van der Waals surface area contributed by atoms with Crippen LogP contribution in [0.25, 0.3) is 61.5 Å². The van der Waals surface area contributed by atoms with Crippen LogP contribution in [0.4, 0.5) is 34.1 Å². The first-order valence-corrected chi connectivity index (χ1v) is 27.0. The Morgan fingerprint density at radius 2 is 0.833 bits per heavy atom. The van der Waals surface area contributed by atoms with E-state index in [0.717, 1.165) is 84.9 Å². The maximum absolute atomic E-state index is 5.03. The molecule has 1 atom stereocenters. The summed E-state index contributed by atoms with van der Waals surface area (Å²) in [6.45, 7) is 2.35. The van der Waals surface area contributed by atoms with Gasteiger partial charge in [0, 0.05) is 80.5 Å². The van der Waals surface area contributed by atoms with E-state index in [-0.39, 0.29) is 0 Å². The molecule has 0 bridgehead atoms. The van der Waals surface area contributed by atoms with Crippen LogP contribution < -0.4 is 9.80 Å². The van der Waals surface area contributed by atoms with Crippen LogP contribution in [-0.2, 0) is 5.41 Å². The van der Waals surface area contributed by atoms with E-state index in [9.17, 15) is 0 Å². The first kappa shape index (κ1) is 45.4. The summed E-state index contributed by atoms with van der Waals surface area (Å²) in [5.74, 6) is 0.298. The summed E-state index contributed by atoms with van der Waals surface area (Å²) in [7, 11) is 0. The van der Waals surface area contributed by atoms with Gasteiger partial charge in [-0.05, 0) is 167 Å². The fraction of sp³-hybridized carbons (Fsp3) is 0.0556. The Bertz CT molecular complexity index is 4150. The monoisotopic (exact) mass is 1000 g/mol. The van der Waals surface area contributed by atoms with Crippen molar-refractivity contribution < 1.29 is 0 Å². The lowest BCUT2D eigenvalue weighted by atomic mass is 9.67. The molecule has 0 saturated heterocycles. The number of para-hydroxylation sites is 5. The van der Waals surface area contributed by atoms with Crippen molar-refractivity contribution in [1.82, 2.24) is 19.1 Å². The minimum Gasteiger partial charge on any atom is -0.311 e. The number of pyridine rings is 2. The van der Waals surface area contributed by atoms with Gasteiger partial charge in [-0.3, -0.25) is 9.97 Å². The van der Waals surface area contributed by atoms with Crippen molar-refractivity contribution in [3.05, 3.63) is 307 Å². The highest BCUT2D eigenvalue weighted by molar-refractivity contribution is 6.07. The lowest BCUT2D eigenvalue weighted by Crippen LogP contribution is -2.29. The van der Waals surface area contributed by atoms with Crippen LogP contribution in [0.5, 0.6) is 0 Å². The van der Waals surface area contributed by atoms with Gasteiger partial charge in [0.1, 0.15) is 0 Å². The van der Waals surface area contributed by atoms with Gasteiger partial charge < -0.3 is 18.9 Å². The fourth-order valence-electron chi connectivity index (χ4n) is 12.9. The molecule has 78 heavy (non-hydrogen) atoms. The van der Waals surface area contributed by atoms with Gasteiger partial charge in [-0.2, -0.15) is 0 Å². The van der Waals surface area contributed by atoms with Crippen molar-refractivity contribution in [3.8, 4) is 22.5 Å². The average molecular weight is 1000 g/mol. The van der Waals surface area contributed by atoms with E-state index in [1.807, 2.05) is 18.5 Å². The first-order chi connectivity index (χ1) is 38.6. The van der Waals surface area contributed by atoms with Crippen LogP contribution in [0.15, 0.2) is 273 Å². The molecule has 0 N–H and O–H groups in total. The van der Waals surface area contributed by atoms with Crippen LogP contribution in [0, 0.1) is 0 Å². The Balaban J connectivity index is 1.02. The molecule has 4 heterocycles. The van der Waals surface area contributed by atoms with Gasteiger partial charge >= 0.3 is 0 Å². The maximum Gasteiger partial charge on any atom is 0.0963 e. The zero-order valence-electron chi connectivity index (χ0n) is 43.0. The van der Waals surface area contributed by atoms with Crippen molar-refractivity contribution in [2.75, 3.05) is 9.80 Å². The molecule has 6 heteroatoms. The smallest absolute Gasteiger partial charge is 0.0963 e. The van der Waals surface area contributed by atoms with Gasteiger partial charge in [0.15, 0.2) is 0 Å². The zero-order chi connectivity index (χ0) is 51.7. The number of hydrogen-bond donors (Lipinski definition) is 0. The summed E-state index contributed by atoms with van der Waals surface area (Å²) in [6, 6.07) is 93.1. The second-order valence-corrected chi connectivity index (χ2v) is 20.6. The first-order valence-electron chi connectivity index (χ1n) is 27.0. The molecule has 15 rings (SSSR count). The standard InChI is InChI=1S/C72H52N6/c1-49-19-16-29-63-70-68(32-18-46-74-70)78(71(49)63)59-42-44-61-60-43-41-58(77-66-30-15-14-28-62(66)69-67(77)31-17-45-73-69)47-64(60)72(65(61)48-59,50-33-37-56(38-34-50)75(52-20-6-2-7-21-52)53-22-8-3-9-23-53)51-35-39-57(40-36-51)76(54-24-10-4-11-25-54)55-26-12-5-13-27-55/h2-18,20-49H,19H2,1H3. The van der Waals surface area contributed by atoms with Crippen molar-refractivity contribution in [2.24, 2.45) is 0 Å². The van der Waals surface area contributed by atoms with Gasteiger partial charge in [0.05, 0.1) is 33.0 Å². The molecular formula is C72H52N6. The molecule has 9 aromatic carbocycles. The number of fused-ring (bicyclic) bond motifs is 9. The van der Waals surface area contributed by atoms with Crippen molar-refractivity contribution in [3.63, 3.8) is 0 Å². The van der Waals surface area contributed by atoms with E-state index < -0.39 is 5.41 Å². The molecule has 370 valence electrons. The highest BCUT2D eigenvalue weighted by Crippen LogP contribution is 2.58. The third kappa shape index (κ3) is 7.03. The van der Waals surface area contributed by atoms with Crippen molar-refractivity contribution in [1.29, 1.82) is 0 Å². The van der Waals surface area contributed by atoms with E-state index in [2.05, 4.69) is 287 Å². The molecule has 13 aromatic rings. The molecule has 0 saturated carbocycles. The molecule has 4 aromatic heterocycles. The molecule has 2 aliphatic carbocycles. The molecule has 1 unspecified atom stereocenters. The summed E-state index contributed by atoms with van der Waals surface area (Å²) in [5.41, 5.74) is 22.9. The number of nitrogens with zero attached hydrogens (tertiary/aromatic N) is 6. The third-order valence-corrected chi connectivity index (χ3v) is 16.3. The Morgan fingerprint density at radius 1 is 0.410 bits per heavy atom. The third-order valence-electron chi connectivity index (χ3n) is 16.3. The van der Waals surface area contributed by atoms with Crippen LogP contribution in [-0.4, -0.2) is 19.1 Å². The summed E-state index contributed by atoms with van der Waals surface area (Å²) in [4.78, 5) is 14.7. The second kappa shape index (κ2) is 18.4. The normalized spacial score (nSPS) is 14.1. The van der Waals surface area contributed by atoms with Crippen LogP contribution in [0.1, 0.15) is 52.8 Å². The number of aromatic nitrogens is 4. The van der Waals surface area contributed by atoms with Gasteiger partial charge in [-0.1, -0.05) is 146 Å². The van der Waals surface area contributed by atoms with Gasteiger partial charge in [-0.25, -0.2) is 0 Å². The topological polar surface area (TPSA) is 42.1 Å². The molecule has 0 fully saturated rings. The molecule has 0 radical (unpaired) electrons. The molecule has 2 aliphatic rings. The van der Waals surface area contributed by atoms with Crippen LogP contribution in [0.3, 0.4) is 0 Å². The SMILES string of the molecule is CC1CC=Cc2c1n(-c1ccc3c(c1)C(c1ccc(N(c4ccccc4)c4ccccc4)cc1)(c1ccc(N(c4ccccc4)c4ccccc4)cc1)c1cc(-n4c5ccccc5c5ncccc54)ccc1-3)c1cccnc21. The van der Waals surface area contributed by atoms with Crippen LogP contribution in [0.2, 0.25) is 0 Å². The Kier molecular flexibility index (Phi) is 10.7. The highest BCUT2D eigenvalue weighted by atomic mass is 15.1. The van der Waals surface area contributed by atoms with E-state index in [0.29, 0.717) is 5.92 Å². The van der Waals surface area contributed by atoms with Gasteiger partial charge in [-0.15, -0.1) is 0 Å². The van der Waals surface area contributed by atoms with Crippen LogP contribution >= 0.6 is 0 Å². The Labute approximate surface area is 453 Å². The lowest BCUT2D eigenvalue weighted by Gasteiger charge is -2.35. The van der Waals surface area contributed by atoms with Crippen molar-refractivity contribution >= 4 is 73.2 Å². The predicted octanol–water partition coefficient (Wildman–Crippen LogP) is 18.3. The van der Waals surface area contributed by atoms with Gasteiger partial charge in [0.25, 0.3) is 0 Å². The molecule has 0 amide bonds. The summed E-state index contributed by atoms with van der Waals surface area (Å²) in [5, 5.41) is 1.13. The molecule has 6 nitrogen and oxygen atoms in total. The molecule has 0 aliphatic heterocycles. The quantitative estimate of drug-likeness (QED) is 0.137. The predicted molar refractivity (Wildman–Crippen MR) is 322 cm³/mol. The van der Waals surface area contributed by atoms with E-state index in [1.54, 1.807) is 0 Å². The van der Waals surface area contributed by atoms with E-state index in [1.165, 1.54) is 44.6 Å². The molecule has 0 spiro atoms. The van der Waals surface area contributed by atoms with E-state index in [4.69, 9.17) is 9.97 Å². The fourth-order valence-corrected chi connectivity index (χ4v) is 12.9. The average Bonchev–Trinajstić information content (AvgIpc) is 4.21. The molecular weight excluding hydrogens is 949 g/mol. The number of hydrogen-bond acceptors (Lipinski definition) is 4. The highest BCUT2D eigenvalue weighted by Gasteiger charge is 2.47. The van der Waals surface area contributed by atoms with Gasteiger partial charge in [0.2, 0.25) is 0 Å². The number of rotatable bonds is 10. The maximum atomic E-state index is 5.03. The summed E-state index contributed by atoms with van der Waals surface area (Å²) >= 11 is 0. The Morgan fingerprint density at radius 3 is 1.35 bits per heavy atom. The van der Waals surface area contributed by atoms with E-state index >= 15 is 0 Å². The number of benzene rings is 9. The number of allylic oxidation sites excluding steroid dienone is 1.